The number of ether oxygens (including phenoxy) is 3. The normalized spacial score (nSPS) is 12.8. The van der Waals surface area contributed by atoms with Gasteiger partial charge in [0.25, 0.3) is 0 Å². The summed E-state index contributed by atoms with van der Waals surface area (Å²) in [6, 6.07) is 114. The highest BCUT2D eigenvalue weighted by Gasteiger charge is 2.36. The summed E-state index contributed by atoms with van der Waals surface area (Å²) in [6.07, 6.45) is 0. The topological polar surface area (TPSA) is 149 Å². The first-order valence-corrected chi connectivity index (χ1v) is 36.0. The molecule has 516 valence electrons. The molecule has 0 unspecified atom stereocenters. The molecule has 0 aromatic heterocycles. The van der Waals surface area contributed by atoms with Crippen molar-refractivity contribution in [3.8, 4) is 102 Å². The van der Waals surface area contributed by atoms with Crippen LogP contribution in [0, 0.1) is 0 Å². The summed E-state index contributed by atoms with van der Waals surface area (Å²) in [5.74, 6) is 5.89. The van der Waals surface area contributed by atoms with Gasteiger partial charge in [0, 0.05) is 51.1 Å². The summed E-state index contributed by atoms with van der Waals surface area (Å²) in [7, 11) is 0. The molecule has 3 aliphatic heterocycles. The largest absolute Gasteiger partial charge is 0.508 e. The summed E-state index contributed by atoms with van der Waals surface area (Å²) in [6.45, 7) is 0. The molecule has 0 radical (unpaired) electrons. The van der Waals surface area contributed by atoms with Crippen LogP contribution < -0.4 is 14.2 Å². The lowest BCUT2D eigenvalue weighted by Gasteiger charge is -2.31. The molecular weight excluding hydrogens is 1330 g/mol. The van der Waals surface area contributed by atoms with Crippen molar-refractivity contribution >= 4 is 64.6 Å². The van der Waals surface area contributed by atoms with Crippen molar-refractivity contribution in [1.82, 2.24) is 0 Å². The summed E-state index contributed by atoms with van der Waals surface area (Å²) < 4.78 is 19.4. The van der Waals surface area contributed by atoms with Crippen LogP contribution in [0.5, 0.6) is 69.0 Å². The standard InChI is InChI=1S/3C33H22O3/c2*34-25-12-14-27-23(18-25)10-16-29-32(27)31(22-8-6-21(7-9-22)20-4-2-1-3-5-20)33-28-15-13-26(35)19-24(28)11-17-30(33)36-29;34-25-14-10-22-12-16-29-32(27(22)18-25)31(24-8-6-21(7-9-24)20-4-2-1-3-5-20)33-28-19-26(35)15-11-23(28)13-17-30(33)36-29/h3*1-19,31,34-35H. The molecule has 0 fully saturated rings. The molecule has 0 bridgehead atoms. The Labute approximate surface area is 621 Å². The number of rotatable bonds is 6. The van der Waals surface area contributed by atoms with Gasteiger partial charge in [-0.3, -0.25) is 0 Å². The van der Waals surface area contributed by atoms with Gasteiger partial charge in [0.15, 0.2) is 0 Å². The highest BCUT2D eigenvalue weighted by atomic mass is 16.5. The van der Waals surface area contributed by atoms with Gasteiger partial charge < -0.3 is 44.8 Å². The molecule has 3 aliphatic rings. The van der Waals surface area contributed by atoms with Crippen LogP contribution in [0.25, 0.3) is 98.0 Å². The molecule has 21 rings (SSSR count). The predicted molar refractivity (Wildman–Crippen MR) is 432 cm³/mol. The third kappa shape index (κ3) is 11.5. The second kappa shape index (κ2) is 26.5. The van der Waals surface area contributed by atoms with Crippen molar-refractivity contribution in [2.24, 2.45) is 0 Å². The van der Waals surface area contributed by atoms with E-state index in [0.717, 1.165) is 166 Å². The number of fused-ring (bicyclic) bond motifs is 18. The molecule has 0 saturated carbocycles. The Morgan fingerprint density at radius 2 is 0.370 bits per heavy atom. The van der Waals surface area contributed by atoms with E-state index in [4.69, 9.17) is 14.2 Å². The molecule has 18 aromatic rings. The molecule has 108 heavy (non-hydrogen) atoms. The fourth-order valence-corrected chi connectivity index (χ4v) is 16.5. The first-order valence-electron chi connectivity index (χ1n) is 36.0. The van der Waals surface area contributed by atoms with Gasteiger partial charge in [0.05, 0.1) is 0 Å². The van der Waals surface area contributed by atoms with Gasteiger partial charge in [-0.25, -0.2) is 0 Å². The second-order valence-electron chi connectivity index (χ2n) is 27.9. The van der Waals surface area contributed by atoms with E-state index in [1.165, 1.54) is 16.7 Å². The number of aromatic hydroxyl groups is 6. The third-order valence-electron chi connectivity index (χ3n) is 21.5. The lowest BCUT2D eigenvalue weighted by molar-refractivity contribution is 0.455. The number of hydrogen-bond acceptors (Lipinski definition) is 9. The van der Waals surface area contributed by atoms with Crippen LogP contribution >= 0.6 is 0 Å². The molecule has 3 heterocycles. The van der Waals surface area contributed by atoms with E-state index in [1.807, 2.05) is 152 Å². The maximum atomic E-state index is 10.4. The highest BCUT2D eigenvalue weighted by Crippen LogP contribution is 2.57. The predicted octanol–water partition coefficient (Wildman–Crippen LogP) is 25.1. The van der Waals surface area contributed by atoms with Crippen molar-refractivity contribution in [2.45, 2.75) is 17.8 Å². The van der Waals surface area contributed by atoms with Crippen LogP contribution in [0.3, 0.4) is 0 Å². The smallest absolute Gasteiger partial charge is 0.132 e. The van der Waals surface area contributed by atoms with Gasteiger partial charge in [-0.1, -0.05) is 237 Å². The van der Waals surface area contributed by atoms with Crippen LogP contribution in [-0.4, -0.2) is 30.6 Å². The fraction of sp³-hybridized carbons (Fsp3) is 0.0303. The number of benzene rings is 18. The van der Waals surface area contributed by atoms with E-state index < -0.39 is 0 Å². The fourth-order valence-electron chi connectivity index (χ4n) is 16.5. The third-order valence-corrected chi connectivity index (χ3v) is 21.5. The van der Waals surface area contributed by atoms with Crippen LogP contribution in [0.1, 0.15) is 67.8 Å². The Hall–Kier alpha value is -14.3. The Morgan fingerprint density at radius 3 is 0.630 bits per heavy atom. The van der Waals surface area contributed by atoms with Gasteiger partial charge >= 0.3 is 0 Å². The molecular formula is C99H66O9. The molecule has 0 spiro atoms. The molecule has 6 N–H and O–H groups in total. The SMILES string of the molecule is Oc1ccc2c3c(ccc2c1)Oc1ccc2cc(O)ccc2c1C3c1ccc(-c2ccccc2)cc1.Oc1ccc2c3c(ccc2c1)Oc1ccc2cc(O)ccc2c1C3c1ccc(-c2ccccc2)cc1.Oc1ccc2ccc3c(c2c1)C(c1ccc(-c2ccccc2)cc1)c1c(ccc2ccc(O)cc12)O3. The highest BCUT2D eigenvalue weighted by molar-refractivity contribution is 6.00. The van der Waals surface area contributed by atoms with Crippen LogP contribution in [0.2, 0.25) is 0 Å². The lowest BCUT2D eigenvalue weighted by Crippen LogP contribution is -2.13. The zero-order chi connectivity index (χ0) is 72.7. The van der Waals surface area contributed by atoms with Gasteiger partial charge in [0.1, 0.15) is 69.0 Å². The monoisotopic (exact) mass is 1400 g/mol. The molecule has 0 amide bonds. The van der Waals surface area contributed by atoms with E-state index in [1.54, 1.807) is 60.7 Å². The first-order chi connectivity index (χ1) is 53.0. The van der Waals surface area contributed by atoms with E-state index in [9.17, 15) is 30.6 Å². The van der Waals surface area contributed by atoms with E-state index in [-0.39, 0.29) is 52.3 Å². The maximum absolute atomic E-state index is 10.4. The Bertz CT molecular complexity index is 6040. The van der Waals surface area contributed by atoms with Crippen LogP contribution in [-0.2, 0) is 0 Å². The Balaban J connectivity index is 0.000000110. The van der Waals surface area contributed by atoms with Crippen LogP contribution in [0.4, 0.5) is 0 Å². The van der Waals surface area contributed by atoms with Gasteiger partial charge in [-0.15, -0.1) is 0 Å². The summed E-state index contributed by atoms with van der Waals surface area (Å²) >= 11 is 0. The number of phenolic OH excluding ortho intramolecular Hbond substituents is 6. The lowest BCUT2D eigenvalue weighted by atomic mass is 9.78. The molecule has 0 atom stereocenters. The summed E-state index contributed by atoms with van der Waals surface area (Å²) in [4.78, 5) is 0. The van der Waals surface area contributed by atoms with Gasteiger partial charge in [0.2, 0.25) is 0 Å². The van der Waals surface area contributed by atoms with Gasteiger partial charge in [-0.2, -0.15) is 0 Å². The number of phenols is 6. The van der Waals surface area contributed by atoms with Crippen molar-refractivity contribution in [2.75, 3.05) is 0 Å². The van der Waals surface area contributed by atoms with Crippen molar-refractivity contribution < 1.29 is 44.8 Å². The molecule has 0 aliphatic carbocycles. The van der Waals surface area contributed by atoms with Crippen molar-refractivity contribution in [1.29, 1.82) is 0 Å². The minimum atomic E-state index is -0.149. The van der Waals surface area contributed by atoms with Gasteiger partial charge in [-0.05, 0) is 224 Å². The minimum Gasteiger partial charge on any atom is -0.508 e. The number of hydrogen-bond donors (Lipinski definition) is 6. The molecule has 18 aromatic carbocycles. The molecule has 9 heteroatoms. The van der Waals surface area contributed by atoms with Crippen LogP contribution in [0.15, 0.2) is 346 Å². The van der Waals surface area contributed by atoms with Crippen molar-refractivity contribution in [3.63, 3.8) is 0 Å². The first kappa shape index (κ1) is 64.6. The zero-order valence-electron chi connectivity index (χ0n) is 58.0. The average Bonchev–Trinajstić information content (AvgIpc) is 0.736. The van der Waals surface area contributed by atoms with Crippen molar-refractivity contribution in [3.05, 3.63) is 396 Å². The Kier molecular flexibility index (Phi) is 15.8. The summed E-state index contributed by atoms with van der Waals surface area (Å²) in [5, 5.41) is 73.3. The molecule has 0 saturated heterocycles. The summed E-state index contributed by atoms with van der Waals surface area (Å²) in [5.41, 5.74) is 16.8. The average molecular weight is 1400 g/mol. The minimum absolute atomic E-state index is 0.0879. The zero-order valence-corrected chi connectivity index (χ0v) is 58.0. The van der Waals surface area contributed by atoms with E-state index in [0.29, 0.717) is 0 Å². The second-order valence-corrected chi connectivity index (χ2v) is 27.9. The molecule has 9 nitrogen and oxygen atoms in total. The van der Waals surface area contributed by atoms with E-state index in [2.05, 4.69) is 133 Å². The maximum Gasteiger partial charge on any atom is 0.132 e. The Morgan fingerprint density at radius 1 is 0.167 bits per heavy atom. The van der Waals surface area contributed by atoms with E-state index >= 15 is 0 Å². The quantitative estimate of drug-likeness (QED) is 0.0957.